The Bertz CT molecular complexity index is 1290. The highest BCUT2D eigenvalue weighted by Gasteiger charge is 2.40. The number of ether oxygens (including phenoxy) is 4. The average molecular weight is 558 g/mol. The summed E-state index contributed by atoms with van der Waals surface area (Å²) in [4.78, 5) is 18.3. The first-order valence-corrected chi connectivity index (χ1v) is 13.6. The molecular formula is C31H35N5O5. The van der Waals surface area contributed by atoms with E-state index >= 15 is 0 Å². The van der Waals surface area contributed by atoms with Crippen molar-refractivity contribution in [3.63, 3.8) is 0 Å². The monoisotopic (exact) mass is 557 g/mol. The van der Waals surface area contributed by atoms with Crippen molar-refractivity contribution in [1.29, 1.82) is 5.41 Å². The number of hydrogen-bond donors (Lipinski definition) is 1. The fourth-order valence-electron chi connectivity index (χ4n) is 4.71. The van der Waals surface area contributed by atoms with Crippen molar-refractivity contribution >= 4 is 12.0 Å². The molecule has 1 aliphatic heterocycles. The van der Waals surface area contributed by atoms with Crippen LogP contribution in [0.2, 0.25) is 0 Å². The highest BCUT2D eigenvalue weighted by molar-refractivity contribution is 5.69. The molecule has 0 saturated carbocycles. The van der Waals surface area contributed by atoms with Crippen LogP contribution in [0.25, 0.3) is 10.4 Å². The van der Waals surface area contributed by atoms with Gasteiger partial charge in [0, 0.05) is 18.4 Å². The molecule has 0 bridgehead atoms. The lowest BCUT2D eigenvalue weighted by Gasteiger charge is -2.41. The lowest BCUT2D eigenvalue weighted by atomic mass is 9.97. The summed E-state index contributed by atoms with van der Waals surface area (Å²) >= 11 is 0. The van der Waals surface area contributed by atoms with Gasteiger partial charge in [0.1, 0.15) is 6.61 Å². The second-order valence-corrected chi connectivity index (χ2v) is 9.79. The number of benzene rings is 3. The first-order valence-electron chi connectivity index (χ1n) is 13.6. The number of hydrogen-bond acceptors (Lipinski definition) is 7. The van der Waals surface area contributed by atoms with Gasteiger partial charge in [-0.2, -0.15) is 0 Å². The second kappa shape index (κ2) is 15.4. The molecule has 3 aromatic carbocycles. The third kappa shape index (κ3) is 9.08. The van der Waals surface area contributed by atoms with Crippen LogP contribution >= 0.6 is 0 Å². The maximum Gasteiger partial charge on any atom is 0.410 e. The van der Waals surface area contributed by atoms with Gasteiger partial charge in [-0.1, -0.05) is 96.1 Å². The van der Waals surface area contributed by atoms with Gasteiger partial charge in [0.15, 0.2) is 5.90 Å². The van der Waals surface area contributed by atoms with E-state index in [1.54, 1.807) is 4.90 Å². The number of rotatable bonds is 12. The Labute approximate surface area is 239 Å². The predicted octanol–water partition coefficient (Wildman–Crippen LogP) is 6.61. The Morgan fingerprint density at radius 3 is 2.15 bits per heavy atom. The summed E-state index contributed by atoms with van der Waals surface area (Å²) in [5.74, 6) is -0.0610. The smallest absolute Gasteiger partial charge is 0.410 e. The number of carbonyl (C=O) groups is 1. The largest absolute Gasteiger partial charge is 0.452 e. The fraction of sp³-hybridized carbons (Fsp3) is 0.355. The number of carbonyl (C=O) groups excluding carboxylic acids is 1. The standard InChI is InChI=1S/C31H35N5O5/c1-23(32)40-30-27(34-35-33)17-18-29(41-30)28(22-38-20-25-13-7-3-8-14-25)36(19-24-11-5-2-6-12-24)31(37)39-21-26-15-9-4-10-16-26/h2-16,27-30,32H,17-22H2,1H3/t27-,28-,29+,30?/m1/s1. The lowest BCUT2D eigenvalue weighted by Crippen LogP contribution is -2.54. The minimum Gasteiger partial charge on any atom is -0.452 e. The van der Waals surface area contributed by atoms with Gasteiger partial charge in [0.05, 0.1) is 31.4 Å². The van der Waals surface area contributed by atoms with Crippen LogP contribution in [0, 0.1) is 5.41 Å². The molecule has 0 spiro atoms. The Balaban J connectivity index is 1.60. The number of amides is 1. The molecule has 0 radical (unpaired) electrons. The van der Waals surface area contributed by atoms with Gasteiger partial charge in [-0.3, -0.25) is 10.3 Å². The SMILES string of the molecule is CC(=N)OC1O[C@H]([C@@H](COCc2ccccc2)N(Cc2ccccc2)C(=O)OCc2ccccc2)CC[C@H]1N=[N+]=[N-]. The van der Waals surface area contributed by atoms with Crippen LogP contribution in [0.5, 0.6) is 0 Å². The molecule has 10 nitrogen and oxygen atoms in total. The van der Waals surface area contributed by atoms with Gasteiger partial charge in [-0.05, 0) is 35.1 Å². The van der Waals surface area contributed by atoms with Crippen molar-refractivity contribution in [2.45, 2.75) is 64.0 Å². The number of azide groups is 1. The maximum absolute atomic E-state index is 13.7. The summed E-state index contributed by atoms with van der Waals surface area (Å²) in [6, 6.07) is 27.8. The molecule has 214 valence electrons. The molecule has 1 aliphatic rings. The molecule has 1 N–H and O–H groups in total. The van der Waals surface area contributed by atoms with Gasteiger partial charge in [-0.15, -0.1) is 0 Å². The molecule has 4 atom stereocenters. The Morgan fingerprint density at radius 1 is 0.976 bits per heavy atom. The molecule has 1 unspecified atom stereocenters. The van der Waals surface area contributed by atoms with E-state index < -0.39 is 30.6 Å². The maximum atomic E-state index is 13.7. The van der Waals surface area contributed by atoms with Crippen molar-refractivity contribution in [2.75, 3.05) is 6.61 Å². The number of nitrogens with one attached hydrogen (secondary N) is 1. The fourth-order valence-corrected chi connectivity index (χ4v) is 4.71. The third-order valence-electron chi connectivity index (χ3n) is 6.73. The van der Waals surface area contributed by atoms with Crippen LogP contribution in [0.3, 0.4) is 0 Å². The van der Waals surface area contributed by atoms with Crippen LogP contribution in [-0.2, 0) is 38.7 Å². The summed E-state index contributed by atoms with van der Waals surface area (Å²) in [7, 11) is 0. The minimum absolute atomic E-state index is 0.0610. The molecule has 0 aliphatic carbocycles. The Morgan fingerprint density at radius 2 is 1.56 bits per heavy atom. The van der Waals surface area contributed by atoms with E-state index in [-0.39, 0.29) is 25.7 Å². The first-order chi connectivity index (χ1) is 20.0. The zero-order valence-corrected chi connectivity index (χ0v) is 23.0. The van der Waals surface area contributed by atoms with Crippen LogP contribution in [0.15, 0.2) is 96.1 Å². The highest BCUT2D eigenvalue weighted by atomic mass is 16.7. The zero-order valence-electron chi connectivity index (χ0n) is 23.0. The van der Waals surface area contributed by atoms with Gasteiger partial charge in [-0.25, -0.2) is 4.79 Å². The summed E-state index contributed by atoms with van der Waals surface area (Å²) < 4.78 is 23.9. The van der Waals surface area contributed by atoms with Crippen molar-refractivity contribution in [2.24, 2.45) is 5.11 Å². The van der Waals surface area contributed by atoms with Crippen LogP contribution in [0.4, 0.5) is 4.79 Å². The molecule has 4 rings (SSSR count). The minimum atomic E-state index is -0.960. The van der Waals surface area contributed by atoms with Gasteiger partial charge in [0.2, 0.25) is 6.29 Å². The highest BCUT2D eigenvalue weighted by Crippen LogP contribution is 2.29. The van der Waals surface area contributed by atoms with Crippen LogP contribution in [-0.4, -0.2) is 48.0 Å². The van der Waals surface area contributed by atoms with E-state index in [0.29, 0.717) is 19.4 Å². The number of nitrogens with zero attached hydrogens (tertiary/aromatic N) is 4. The van der Waals surface area contributed by atoms with Crippen LogP contribution < -0.4 is 0 Å². The topological polar surface area (TPSA) is 130 Å². The van der Waals surface area contributed by atoms with E-state index in [1.165, 1.54) is 6.92 Å². The van der Waals surface area contributed by atoms with Crippen molar-refractivity contribution in [3.8, 4) is 0 Å². The normalized spacial score (nSPS) is 18.9. The van der Waals surface area contributed by atoms with Crippen LogP contribution in [0.1, 0.15) is 36.5 Å². The molecular weight excluding hydrogens is 522 g/mol. The summed E-state index contributed by atoms with van der Waals surface area (Å²) in [5, 5.41) is 11.6. The molecule has 10 heteroatoms. The van der Waals surface area contributed by atoms with Crippen molar-refractivity contribution < 1.29 is 23.7 Å². The molecule has 1 fully saturated rings. The quantitative estimate of drug-likeness (QED) is 0.0880. The summed E-state index contributed by atoms with van der Waals surface area (Å²) in [6.07, 6.45) is -1.06. The van der Waals surface area contributed by atoms with E-state index in [9.17, 15) is 4.79 Å². The third-order valence-corrected chi connectivity index (χ3v) is 6.73. The van der Waals surface area contributed by atoms with E-state index in [0.717, 1.165) is 16.7 Å². The molecule has 0 aromatic heterocycles. The Kier molecular flexibility index (Phi) is 11.1. The van der Waals surface area contributed by atoms with Gasteiger partial charge < -0.3 is 18.9 Å². The average Bonchev–Trinajstić information content (AvgIpc) is 2.99. The van der Waals surface area contributed by atoms with Crippen molar-refractivity contribution in [3.05, 3.63) is 118 Å². The molecule has 1 heterocycles. The van der Waals surface area contributed by atoms with Gasteiger partial charge >= 0.3 is 6.09 Å². The van der Waals surface area contributed by atoms with E-state index in [4.69, 9.17) is 29.9 Å². The summed E-state index contributed by atoms with van der Waals surface area (Å²) in [6.45, 7) is 2.38. The van der Waals surface area contributed by atoms with Gasteiger partial charge in [0.25, 0.3) is 0 Å². The summed E-state index contributed by atoms with van der Waals surface area (Å²) in [5.41, 5.74) is 11.8. The van der Waals surface area contributed by atoms with E-state index in [1.807, 2.05) is 91.0 Å². The zero-order chi connectivity index (χ0) is 28.9. The van der Waals surface area contributed by atoms with E-state index in [2.05, 4.69) is 10.0 Å². The predicted molar refractivity (Wildman–Crippen MR) is 154 cm³/mol. The molecule has 41 heavy (non-hydrogen) atoms. The lowest BCUT2D eigenvalue weighted by molar-refractivity contribution is -0.187. The molecule has 1 amide bonds. The Hall–Kier alpha value is -4.37. The molecule has 1 saturated heterocycles. The first kappa shape index (κ1) is 29.6. The van der Waals surface area contributed by atoms with Crippen molar-refractivity contribution in [1.82, 2.24) is 4.90 Å². The molecule has 3 aromatic rings. The second-order valence-electron chi connectivity index (χ2n) is 9.79.